The smallest absolute Gasteiger partial charge is 0.167 e. The summed E-state index contributed by atoms with van der Waals surface area (Å²) < 4.78 is 10.5. The lowest BCUT2D eigenvalue weighted by Gasteiger charge is -2.15. The lowest BCUT2D eigenvalue weighted by Crippen LogP contribution is -1.97. The zero-order valence-electron chi connectivity index (χ0n) is 9.05. The van der Waals surface area contributed by atoms with E-state index in [0.29, 0.717) is 17.9 Å². The fourth-order valence-corrected chi connectivity index (χ4v) is 1.60. The Morgan fingerprint density at radius 1 is 1.21 bits per heavy atom. The van der Waals surface area contributed by atoms with Crippen LogP contribution in [0.4, 0.5) is 0 Å². The van der Waals surface area contributed by atoms with Gasteiger partial charge in [-0.25, -0.2) is 0 Å². The third-order valence-electron chi connectivity index (χ3n) is 2.26. The summed E-state index contributed by atoms with van der Waals surface area (Å²) in [5.41, 5.74) is 1.66. The minimum Gasteiger partial charge on any atom is -0.508 e. The molecule has 0 aliphatic rings. The third kappa shape index (κ3) is 1.62. The Morgan fingerprint density at radius 3 is 2.21 bits per heavy atom. The largest absolute Gasteiger partial charge is 0.508 e. The van der Waals surface area contributed by atoms with Crippen LogP contribution in [0.1, 0.15) is 18.1 Å². The third-order valence-corrected chi connectivity index (χ3v) is 2.26. The van der Waals surface area contributed by atoms with E-state index in [0.717, 1.165) is 11.1 Å². The molecule has 0 bridgehead atoms. The fourth-order valence-electron chi connectivity index (χ4n) is 1.60. The Kier molecular flexibility index (Phi) is 3.23. The minimum atomic E-state index is 0.266. The molecule has 0 aliphatic carbocycles. The number of ether oxygens (including phenoxy) is 2. The molecule has 0 saturated heterocycles. The Labute approximate surface area is 84.3 Å². The van der Waals surface area contributed by atoms with Crippen LogP contribution in [-0.4, -0.2) is 19.3 Å². The number of benzene rings is 1. The Bertz CT molecular complexity index is 304. The van der Waals surface area contributed by atoms with Crippen molar-refractivity contribution >= 4 is 0 Å². The molecule has 0 atom stereocenters. The van der Waals surface area contributed by atoms with E-state index >= 15 is 0 Å². The molecule has 1 aromatic rings. The monoisotopic (exact) mass is 196 g/mol. The number of hydrogen-bond acceptors (Lipinski definition) is 3. The van der Waals surface area contributed by atoms with E-state index in [1.165, 1.54) is 0 Å². The van der Waals surface area contributed by atoms with Gasteiger partial charge in [-0.2, -0.15) is 0 Å². The maximum atomic E-state index is 9.69. The van der Waals surface area contributed by atoms with E-state index in [2.05, 4.69) is 0 Å². The SMILES string of the molecule is CCc1c(O)cc(C)c(OC)c1OC. The van der Waals surface area contributed by atoms with Crippen LogP contribution in [-0.2, 0) is 6.42 Å². The average Bonchev–Trinajstić information content (AvgIpc) is 2.16. The lowest BCUT2D eigenvalue weighted by atomic mass is 10.1. The van der Waals surface area contributed by atoms with E-state index in [4.69, 9.17) is 9.47 Å². The molecular formula is C11H16O3. The first-order chi connectivity index (χ1) is 6.65. The van der Waals surface area contributed by atoms with Gasteiger partial charge >= 0.3 is 0 Å². The minimum absolute atomic E-state index is 0.266. The van der Waals surface area contributed by atoms with Crippen LogP contribution in [0.25, 0.3) is 0 Å². The Hall–Kier alpha value is -1.38. The highest BCUT2D eigenvalue weighted by atomic mass is 16.5. The summed E-state index contributed by atoms with van der Waals surface area (Å²) in [6.07, 6.45) is 0.714. The standard InChI is InChI=1S/C11H16O3/c1-5-8-9(12)6-7(2)10(13-3)11(8)14-4/h6,12H,5H2,1-4H3. The molecule has 0 aliphatic heterocycles. The van der Waals surface area contributed by atoms with Gasteiger partial charge in [-0.1, -0.05) is 6.92 Å². The lowest BCUT2D eigenvalue weighted by molar-refractivity contribution is 0.345. The maximum absolute atomic E-state index is 9.69. The molecule has 0 fully saturated rings. The van der Waals surface area contributed by atoms with E-state index in [1.54, 1.807) is 20.3 Å². The van der Waals surface area contributed by atoms with Gasteiger partial charge in [0, 0.05) is 5.56 Å². The molecule has 1 N–H and O–H groups in total. The zero-order chi connectivity index (χ0) is 10.7. The van der Waals surface area contributed by atoms with Crippen LogP contribution in [0.3, 0.4) is 0 Å². The molecule has 3 nitrogen and oxygen atoms in total. The van der Waals surface area contributed by atoms with Gasteiger partial charge in [-0.15, -0.1) is 0 Å². The molecule has 0 aromatic heterocycles. The Balaban J connectivity index is 3.43. The van der Waals surface area contributed by atoms with Crippen LogP contribution >= 0.6 is 0 Å². The second-order valence-electron chi connectivity index (χ2n) is 3.11. The number of aromatic hydroxyl groups is 1. The van der Waals surface area contributed by atoms with Gasteiger partial charge in [0.25, 0.3) is 0 Å². The highest BCUT2D eigenvalue weighted by molar-refractivity contribution is 5.57. The van der Waals surface area contributed by atoms with Crippen molar-refractivity contribution in [2.45, 2.75) is 20.3 Å². The summed E-state index contributed by atoms with van der Waals surface area (Å²) in [5.74, 6) is 1.59. The number of hydrogen-bond donors (Lipinski definition) is 1. The zero-order valence-corrected chi connectivity index (χ0v) is 9.05. The number of rotatable bonds is 3. The van der Waals surface area contributed by atoms with Crippen molar-refractivity contribution in [3.8, 4) is 17.2 Å². The average molecular weight is 196 g/mol. The second kappa shape index (κ2) is 4.22. The molecule has 0 unspecified atom stereocenters. The predicted molar refractivity (Wildman–Crippen MR) is 55.3 cm³/mol. The van der Waals surface area contributed by atoms with Gasteiger partial charge in [0.1, 0.15) is 5.75 Å². The highest BCUT2D eigenvalue weighted by Crippen LogP contribution is 2.39. The van der Waals surface area contributed by atoms with Gasteiger partial charge < -0.3 is 14.6 Å². The van der Waals surface area contributed by atoms with E-state index < -0.39 is 0 Å². The van der Waals surface area contributed by atoms with Gasteiger partial charge in [0.05, 0.1) is 14.2 Å². The summed E-state index contributed by atoms with van der Waals surface area (Å²) in [7, 11) is 3.18. The van der Waals surface area contributed by atoms with Gasteiger partial charge in [0.2, 0.25) is 0 Å². The number of phenolic OH excluding ortho intramolecular Hbond substituents is 1. The maximum Gasteiger partial charge on any atom is 0.167 e. The molecule has 0 heterocycles. The Morgan fingerprint density at radius 2 is 1.79 bits per heavy atom. The van der Waals surface area contributed by atoms with E-state index in [9.17, 15) is 5.11 Å². The van der Waals surface area contributed by atoms with Crippen molar-refractivity contribution in [1.82, 2.24) is 0 Å². The van der Waals surface area contributed by atoms with Gasteiger partial charge in [-0.3, -0.25) is 0 Å². The number of aryl methyl sites for hydroxylation is 1. The van der Waals surface area contributed by atoms with Crippen molar-refractivity contribution in [3.63, 3.8) is 0 Å². The van der Waals surface area contributed by atoms with Gasteiger partial charge in [-0.05, 0) is 25.0 Å². The van der Waals surface area contributed by atoms with Crippen LogP contribution < -0.4 is 9.47 Å². The van der Waals surface area contributed by atoms with Crippen LogP contribution in [0.5, 0.6) is 17.2 Å². The predicted octanol–water partition coefficient (Wildman–Crippen LogP) is 2.28. The molecule has 0 saturated carbocycles. The molecule has 0 amide bonds. The van der Waals surface area contributed by atoms with Crippen molar-refractivity contribution in [3.05, 3.63) is 17.2 Å². The summed E-state index contributed by atoms with van der Waals surface area (Å²) in [4.78, 5) is 0. The van der Waals surface area contributed by atoms with Crippen LogP contribution in [0, 0.1) is 6.92 Å². The molecule has 1 aromatic carbocycles. The van der Waals surface area contributed by atoms with Crippen LogP contribution in [0.2, 0.25) is 0 Å². The van der Waals surface area contributed by atoms with Crippen molar-refractivity contribution in [1.29, 1.82) is 0 Å². The summed E-state index contributed by atoms with van der Waals surface area (Å²) in [6, 6.07) is 1.69. The molecule has 3 heteroatoms. The van der Waals surface area contributed by atoms with Crippen molar-refractivity contribution in [2.24, 2.45) is 0 Å². The number of phenols is 1. The normalized spacial score (nSPS) is 10.0. The van der Waals surface area contributed by atoms with E-state index in [1.807, 2.05) is 13.8 Å². The molecule has 78 valence electrons. The van der Waals surface area contributed by atoms with Gasteiger partial charge in [0.15, 0.2) is 11.5 Å². The first kappa shape index (κ1) is 10.7. The highest BCUT2D eigenvalue weighted by Gasteiger charge is 2.15. The topological polar surface area (TPSA) is 38.7 Å². The fraction of sp³-hybridized carbons (Fsp3) is 0.455. The molecule has 1 rings (SSSR count). The first-order valence-corrected chi connectivity index (χ1v) is 4.59. The second-order valence-corrected chi connectivity index (χ2v) is 3.11. The van der Waals surface area contributed by atoms with Crippen LogP contribution in [0.15, 0.2) is 6.07 Å². The molecule has 0 spiro atoms. The molecular weight excluding hydrogens is 180 g/mol. The quantitative estimate of drug-likeness (QED) is 0.806. The number of methoxy groups -OCH3 is 2. The van der Waals surface area contributed by atoms with Crippen molar-refractivity contribution < 1.29 is 14.6 Å². The van der Waals surface area contributed by atoms with E-state index in [-0.39, 0.29) is 5.75 Å². The molecule has 0 radical (unpaired) electrons. The summed E-state index contributed by atoms with van der Waals surface area (Å²) in [6.45, 7) is 3.84. The summed E-state index contributed by atoms with van der Waals surface area (Å²) in [5, 5.41) is 9.69. The first-order valence-electron chi connectivity index (χ1n) is 4.59. The summed E-state index contributed by atoms with van der Waals surface area (Å²) >= 11 is 0. The molecule has 14 heavy (non-hydrogen) atoms. The van der Waals surface area contributed by atoms with Crippen molar-refractivity contribution in [2.75, 3.05) is 14.2 Å².